The molecule has 3 rings (SSSR count). The van der Waals surface area contributed by atoms with E-state index in [-0.39, 0.29) is 27.5 Å². The summed E-state index contributed by atoms with van der Waals surface area (Å²) < 4.78 is 29.0. The van der Waals surface area contributed by atoms with Crippen molar-refractivity contribution in [2.75, 3.05) is 17.3 Å². The molecule has 0 unspecified atom stereocenters. The molecule has 3 aromatic rings. The van der Waals surface area contributed by atoms with Crippen molar-refractivity contribution in [2.24, 2.45) is 0 Å². The number of anilines is 1. The van der Waals surface area contributed by atoms with Gasteiger partial charge in [0.1, 0.15) is 0 Å². The van der Waals surface area contributed by atoms with Gasteiger partial charge in [-0.3, -0.25) is 4.79 Å². The maximum Gasteiger partial charge on any atom is 0.277 e. The van der Waals surface area contributed by atoms with Gasteiger partial charge < -0.3 is 9.73 Å². The van der Waals surface area contributed by atoms with Gasteiger partial charge in [0.25, 0.3) is 5.22 Å². The van der Waals surface area contributed by atoms with Crippen LogP contribution in [0.5, 0.6) is 0 Å². The van der Waals surface area contributed by atoms with Gasteiger partial charge in [0.2, 0.25) is 11.8 Å². The summed E-state index contributed by atoms with van der Waals surface area (Å²) in [5.74, 6) is 0.00983. The predicted octanol–water partition coefficient (Wildman–Crippen LogP) is 2.87. The molecule has 1 heterocycles. The summed E-state index contributed by atoms with van der Waals surface area (Å²) in [5, 5.41) is 10.7. The van der Waals surface area contributed by atoms with E-state index in [4.69, 9.17) is 4.42 Å². The fourth-order valence-electron chi connectivity index (χ4n) is 2.17. The normalized spacial score (nSPS) is 11.3. The fourth-order valence-corrected chi connectivity index (χ4v) is 3.58. The largest absolute Gasteiger partial charge is 0.411 e. The van der Waals surface area contributed by atoms with Gasteiger partial charge in [0.15, 0.2) is 9.84 Å². The lowest BCUT2D eigenvalue weighted by molar-refractivity contribution is -0.113. The first-order chi connectivity index (χ1) is 12.4. The monoisotopic (exact) mass is 389 g/mol. The molecule has 0 aliphatic heterocycles. The zero-order chi connectivity index (χ0) is 18.6. The molecule has 0 aliphatic rings. The number of amides is 1. The number of carbonyl (C=O) groups is 1. The molecule has 2 aromatic carbocycles. The molecule has 134 valence electrons. The predicted molar refractivity (Wildman–Crippen MR) is 98.6 cm³/mol. The number of hydrogen-bond acceptors (Lipinski definition) is 7. The Balaban J connectivity index is 1.63. The Morgan fingerprint density at radius 3 is 2.50 bits per heavy atom. The number of para-hydroxylation sites is 1. The summed E-state index contributed by atoms with van der Waals surface area (Å²) in [4.78, 5) is 12.2. The summed E-state index contributed by atoms with van der Waals surface area (Å²) in [6, 6.07) is 15.5. The first-order valence-corrected chi connectivity index (χ1v) is 10.4. The Morgan fingerprint density at radius 1 is 1.08 bits per heavy atom. The Labute approximate surface area is 154 Å². The van der Waals surface area contributed by atoms with Gasteiger partial charge in [-0.1, -0.05) is 42.1 Å². The van der Waals surface area contributed by atoms with E-state index in [1.165, 1.54) is 6.07 Å². The number of thioether (sulfide) groups is 1. The number of hydrogen-bond donors (Lipinski definition) is 1. The van der Waals surface area contributed by atoms with Crippen LogP contribution in [-0.2, 0) is 14.6 Å². The summed E-state index contributed by atoms with van der Waals surface area (Å²) in [5.41, 5.74) is 1.04. The molecule has 0 fully saturated rings. The SMILES string of the molecule is CS(=O)(=O)c1ccccc1NC(=O)CSc1nnc(-c2ccccc2)o1. The second-order valence-electron chi connectivity index (χ2n) is 5.34. The maximum absolute atomic E-state index is 12.1. The molecule has 0 bridgehead atoms. The molecule has 1 aromatic heterocycles. The third-order valence-electron chi connectivity index (χ3n) is 3.31. The standard InChI is InChI=1S/C17H15N3O4S2/c1-26(22,23)14-10-6-5-9-13(14)18-15(21)11-25-17-20-19-16(24-17)12-7-3-2-4-8-12/h2-10H,11H2,1H3,(H,18,21). The third kappa shape index (κ3) is 4.50. The van der Waals surface area contributed by atoms with Crippen LogP contribution in [0.1, 0.15) is 0 Å². The lowest BCUT2D eigenvalue weighted by atomic mass is 10.2. The molecule has 0 aliphatic carbocycles. The topological polar surface area (TPSA) is 102 Å². The van der Waals surface area contributed by atoms with E-state index < -0.39 is 9.84 Å². The lowest BCUT2D eigenvalue weighted by Gasteiger charge is -2.08. The van der Waals surface area contributed by atoms with E-state index in [0.717, 1.165) is 23.6 Å². The molecule has 0 saturated carbocycles. The number of aromatic nitrogens is 2. The molecule has 0 atom stereocenters. The van der Waals surface area contributed by atoms with Crippen LogP contribution in [-0.4, -0.2) is 36.5 Å². The Hall–Kier alpha value is -2.65. The van der Waals surface area contributed by atoms with Gasteiger partial charge in [-0.25, -0.2) is 8.42 Å². The summed E-state index contributed by atoms with van der Waals surface area (Å²) >= 11 is 1.07. The first-order valence-electron chi connectivity index (χ1n) is 7.54. The molecular formula is C17H15N3O4S2. The fraction of sp³-hybridized carbons (Fsp3) is 0.118. The highest BCUT2D eigenvalue weighted by Gasteiger charge is 2.16. The van der Waals surface area contributed by atoms with Crippen molar-refractivity contribution >= 4 is 33.2 Å². The van der Waals surface area contributed by atoms with Crippen LogP contribution < -0.4 is 5.32 Å². The van der Waals surface area contributed by atoms with Gasteiger partial charge >= 0.3 is 0 Å². The van der Waals surface area contributed by atoms with Crippen molar-refractivity contribution in [2.45, 2.75) is 10.1 Å². The maximum atomic E-state index is 12.1. The first kappa shape index (κ1) is 18.2. The summed E-state index contributed by atoms with van der Waals surface area (Å²) in [6.45, 7) is 0. The zero-order valence-corrected chi connectivity index (χ0v) is 15.4. The average molecular weight is 389 g/mol. The van der Waals surface area contributed by atoms with E-state index in [1.54, 1.807) is 18.2 Å². The molecule has 7 nitrogen and oxygen atoms in total. The van der Waals surface area contributed by atoms with Gasteiger partial charge in [-0.05, 0) is 24.3 Å². The lowest BCUT2D eigenvalue weighted by Crippen LogP contribution is -2.16. The van der Waals surface area contributed by atoms with Crippen LogP contribution in [0.4, 0.5) is 5.69 Å². The van der Waals surface area contributed by atoms with Crippen molar-refractivity contribution in [3.05, 3.63) is 54.6 Å². The van der Waals surface area contributed by atoms with Crippen LogP contribution in [0.2, 0.25) is 0 Å². The highest BCUT2D eigenvalue weighted by molar-refractivity contribution is 7.99. The highest BCUT2D eigenvalue weighted by atomic mass is 32.2. The molecule has 0 saturated heterocycles. The van der Waals surface area contributed by atoms with Crippen LogP contribution in [0, 0.1) is 0 Å². The average Bonchev–Trinajstić information content (AvgIpc) is 3.09. The van der Waals surface area contributed by atoms with Crippen molar-refractivity contribution in [1.82, 2.24) is 10.2 Å². The number of nitrogens with one attached hydrogen (secondary N) is 1. The summed E-state index contributed by atoms with van der Waals surface area (Å²) in [6.07, 6.45) is 1.09. The van der Waals surface area contributed by atoms with E-state index in [0.29, 0.717) is 5.89 Å². The van der Waals surface area contributed by atoms with Crippen molar-refractivity contribution in [3.8, 4) is 11.5 Å². The van der Waals surface area contributed by atoms with E-state index in [9.17, 15) is 13.2 Å². The molecule has 1 N–H and O–H groups in total. The van der Waals surface area contributed by atoms with E-state index in [2.05, 4.69) is 15.5 Å². The number of benzene rings is 2. The van der Waals surface area contributed by atoms with Crippen LogP contribution >= 0.6 is 11.8 Å². The van der Waals surface area contributed by atoms with Crippen molar-refractivity contribution < 1.29 is 17.6 Å². The Morgan fingerprint density at radius 2 is 1.77 bits per heavy atom. The molecule has 1 amide bonds. The third-order valence-corrected chi connectivity index (χ3v) is 5.29. The van der Waals surface area contributed by atoms with Crippen LogP contribution in [0.15, 0.2) is 69.1 Å². The smallest absolute Gasteiger partial charge is 0.277 e. The van der Waals surface area contributed by atoms with Gasteiger partial charge in [0, 0.05) is 11.8 Å². The highest BCUT2D eigenvalue weighted by Crippen LogP contribution is 2.24. The second kappa shape index (κ2) is 7.71. The minimum absolute atomic E-state index is 0.00845. The minimum atomic E-state index is -3.44. The minimum Gasteiger partial charge on any atom is -0.411 e. The Kier molecular flexibility index (Phi) is 5.38. The van der Waals surface area contributed by atoms with E-state index in [1.807, 2.05) is 30.3 Å². The molecule has 26 heavy (non-hydrogen) atoms. The number of rotatable bonds is 6. The zero-order valence-electron chi connectivity index (χ0n) is 13.7. The summed E-state index contributed by atoms with van der Waals surface area (Å²) in [7, 11) is -3.44. The van der Waals surface area contributed by atoms with Gasteiger partial charge in [-0.15, -0.1) is 10.2 Å². The molecule has 0 spiro atoms. The molecule has 9 heteroatoms. The quantitative estimate of drug-likeness (QED) is 0.647. The number of nitrogens with zero attached hydrogens (tertiary/aromatic N) is 2. The number of sulfone groups is 1. The van der Waals surface area contributed by atoms with Crippen molar-refractivity contribution in [3.63, 3.8) is 0 Å². The van der Waals surface area contributed by atoms with Gasteiger partial charge in [-0.2, -0.15) is 0 Å². The van der Waals surface area contributed by atoms with E-state index >= 15 is 0 Å². The molecular weight excluding hydrogens is 374 g/mol. The van der Waals surface area contributed by atoms with Crippen LogP contribution in [0.25, 0.3) is 11.5 Å². The number of carbonyl (C=O) groups excluding carboxylic acids is 1. The molecule has 0 radical (unpaired) electrons. The second-order valence-corrected chi connectivity index (χ2v) is 8.26. The van der Waals surface area contributed by atoms with Crippen molar-refractivity contribution in [1.29, 1.82) is 0 Å². The van der Waals surface area contributed by atoms with Crippen LogP contribution in [0.3, 0.4) is 0 Å². The van der Waals surface area contributed by atoms with Gasteiger partial charge in [0.05, 0.1) is 16.3 Å². The Bertz CT molecular complexity index is 1020.